The first-order valence-electron chi connectivity index (χ1n) is 11.9. The number of aliphatic hydroxyl groups is 2. The number of nitrogens with zero attached hydrogens (tertiary/aromatic N) is 1. The molecule has 2 aromatic carbocycles. The molecule has 0 spiro atoms. The van der Waals surface area contributed by atoms with E-state index < -0.39 is 28.6 Å². The number of amides is 2. The Balaban J connectivity index is 0.000000536. The van der Waals surface area contributed by atoms with Gasteiger partial charge >= 0.3 is 6.18 Å². The van der Waals surface area contributed by atoms with Crippen LogP contribution in [0.3, 0.4) is 0 Å². The molecule has 212 valence electrons. The van der Waals surface area contributed by atoms with E-state index in [-0.39, 0.29) is 24.3 Å². The lowest BCUT2D eigenvalue weighted by atomic mass is 10.1. The lowest BCUT2D eigenvalue weighted by molar-refractivity contribution is -0.137. The number of nitrogens with two attached hydrogens (primary N) is 1. The van der Waals surface area contributed by atoms with Crippen LogP contribution >= 0.6 is 23.4 Å². The first-order valence-corrected chi connectivity index (χ1v) is 13.4. The van der Waals surface area contributed by atoms with E-state index in [2.05, 4.69) is 22.1 Å². The SMILES string of the molecule is NC(=O)c1cncc(C#Cc2cccc(NC(=O)c3ccc(Cl)c(C(F)(F)F)c3)c2)c1.OCCCSCCCO. The first-order chi connectivity index (χ1) is 19.0. The molecule has 0 unspecified atom stereocenters. The molecule has 40 heavy (non-hydrogen) atoms. The molecule has 0 bridgehead atoms. The summed E-state index contributed by atoms with van der Waals surface area (Å²) in [5.41, 5.74) is 5.47. The van der Waals surface area contributed by atoms with Gasteiger partial charge in [0, 0.05) is 48.0 Å². The predicted octanol–water partition coefficient (Wildman–Crippen LogP) is 4.99. The number of aliphatic hydroxyl groups excluding tert-OH is 2. The minimum atomic E-state index is -4.68. The van der Waals surface area contributed by atoms with E-state index in [1.54, 1.807) is 36.0 Å². The summed E-state index contributed by atoms with van der Waals surface area (Å²) in [7, 11) is 0. The van der Waals surface area contributed by atoms with Crippen LogP contribution in [0.2, 0.25) is 5.02 Å². The van der Waals surface area contributed by atoms with Crippen LogP contribution < -0.4 is 11.1 Å². The van der Waals surface area contributed by atoms with Crippen molar-refractivity contribution in [3.63, 3.8) is 0 Å². The molecule has 0 aliphatic carbocycles. The van der Waals surface area contributed by atoms with Crippen molar-refractivity contribution in [2.24, 2.45) is 5.73 Å². The number of thioether (sulfide) groups is 1. The van der Waals surface area contributed by atoms with Crippen molar-refractivity contribution >= 4 is 40.9 Å². The average Bonchev–Trinajstić information content (AvgIpc) is 2.92. The quantitative estimate of drug-likeness (QED) is 0.205. The molecule has 1 aromatic heterocycles. The topological polar surface area (TPSA) is 126 Å². The summed E-state index contributed by atoms with van der Waals surface area (Å²) in [5, 5.41) is 18.8. The van der Waals surface area contributed by atoms with Gasteiger partial charge in [0.05, 0.1) is 16.1 Å². The Hall–Kier alpha value is -3.56. The van der Waals surface area contributed by atoms with Crippen LogP contribution in [0.5, 0.6) is 0 Å². The van der Waals surface area contributed by atoms with Crippen molar-refractivity contribution in [3.8, 4) is 11.8 Å². The van der Waals surface area contributed by atoms with E-state index >= 15 is 0 Å². The zero-order chi connectivity index (χ0) is 29.5. The highest BCUT2D eigenvalue weighted by Gasteiger charge is 2.33. The van der Waals surface area contributed by atoms with Gasteiger partial charge in [-0.05, 0) is 66.8 Å². The number of carbonyl (C=O) groups excluding carboxylic acids is 2. The third-order valence-corrected chi connectivity index (χ3v) is 6.41. The number of halogens is 4. The van der Waals surface area contributed by atoms with Crippen molar-refractivity contribution < 1.29 is 33.0 Å². The maximum atomic E-state index is 13.0. The normalized spacial score (nSPS) is 10.6. The number of primary amides is 1. The molecule has 0 radical (unpaired) electrons. The third-order valence-electron chi connectivity index (χ3n) is 4.92. The zero-order valence-corrected chi connectivity index (χ0v) is 22.7. The molecule has 0 saturated heterocycles. The summed E-state index contributed by atoms with van der Waals surface area (Å²) in [6.07, 6.45) is -0.149. The highest BCUT2D eigenvalue weighted by atomic mass is 35.5. The summed E-state index contributed by atoms with van der Waals surface area (Å²) in [5.74, 6) is 6.35. The molecule has 0 aliphatic rings. The summed E-state index contributed by atoms with van der Waals surface area (Å²) < 4.78 is 39.0. The Labute approximate surface area is 239 Å². The third kappa shape index (κ3) is 11.3. The van der Waals surface area contributed by atoms with Gasteiger partial charge in [-0.1, -0.05) is 29.5 Å². The van der Waals surface area contributed by atoms with Gasteiger partial charge in [-0.3, -0.25) is 14.6 Å². The Morgan fingerprint density at radius 1 is 0.950 bits per heavy atom. The van der Waals surface area contributed by atoms with Crippen molar-refractivity contribution in [2.45, 2.75) is 19.0 Å². The molecular weight excluding hydrogens is 567 g/mol. The van der Waals surface area contributed by atoms with Crippen LogP contribution in [0, 0.1) is 11.8 Å². The van der Waals surface area contributed by atoms with Crippen molar-refractivity contribution in [1.29, 1.82) is 0 Å². The molecule has 2 amide bonds. The molecule has 3 rings (SSSR count). The van der Waals surface area contributed by atoms with Crippen LogP contribution in [0.25, 0.3) is 0 Å². The molecule has 7 nitrogen and oxygen atoms in total. The Bertz CT molecular complexity index is 1350. The molecule has 0 saturated carbocycles. The van der Waals surface area contributed by atoms with E-state index in [9.17, 15) is 22.8 Å². The second kappa shape index (κ2) is 16.5. The minimum Gasteiger partial charge on any atom is -0.396 e. The molecule has 0 fully saturated rings. The van der Waals surface area contributed by atoms with Crippen LogP contribution in [0.1, 0.15) is 50.2 Å². The Morgan fingerprint density at radius 3 is 2.25 bits per heavy atom. The van der Waals surface area contributed by atoms with Gasteiger partial charge in [-0.2, -0.15) is 24.9 Å². The van der Waals surface area contributed by atoms with Gasteiger partial charge in [0.2, 0.25) is 5.91 Å². The fourth-order valence-corrected chi connectivity index (χ4v) is 4.08. The second-order valence-corrected chi connectivity index (χ2v) is 9.70. The number of aromatic nitrogens is 1. The number of nitrogens with one attached hydrogen (secondary N) is 1. The van der Waals surface area contributed by atoms with Gasteiger partial charge in [-0.15, -0.1) is 0 Å². The van der Waals surface area contributed by atoms with Crippen molar-refractivity contribution in [1.82, 2.24) is 4.98 Å². The van der Waals surface area contributed by atoms with Gasteiger partial charge < -0.3 is 21.3 Å². The highest BCUT2D eigenvalue weighted by Crippen LogP contribution is 2.35. The monoisotopic (exact) mass is 593 g/mol. The summed E-state index contributed by atoms with van der Waals surface area (Å²) in [4.78, 5) is 27.5. The maximum Gasteiger partial charge on any atom is 0.417 e. The highest BCUT2D eigenvalue weighted by molar-refractivity contribution is 7.99. The number of anilines is 1. The van der Waals surface area contributed by atoms with Crippen molar-refractivity contribution in [2.75, 3.05) is 30.0 Å². The lowest BCUT2D eigenvalue weighted by Gasteiger charge is -2.11. The van der Waals surface area contributed by atoms with Crippen molar-refractivity contribution in [3.05, 3.63) is 93.8 Å². The smallest absolute Gasteiger partial charge is 0.396 e. The minimum absolute atomic E-state index is 0.192. The van der Waals surface area contributed by atoms with E-state index in [0.29, 0.717) is 22.9 Å². The van der Waals surface area contributed by atoms with E-state index in [0.717, 1.165) is 30.4 Å². The second-order valence-electron chi connectivity index (χ2n) is 8.07. The molecular formula is C28H27ClF3N3O4S. The molecule has 0 aliphatic heterocycles. The number of rotatable bonds is 9. The summed E-state index contributed by atoms with van der Waals surface area (Å²) >= 11 is 7.36. The van der Waals surface area contributed by atoms with Crippen LogP contribution in [-0.4, -0.2) is 51.7 Å². The fraction of sp³-hybridized carbons (Fsp3) is 0.250. The van der Waals surface area contributed by atoms with E-state index in [1.165, 1.54) is 24.5 Å². The van der Waals surface area contributed by atoms with E-state index in [1.807, 2.05) is 0 Å². The molecule has 3 aromatic rings. The zero-order valence-electron chi connectivity index (χ0n) is 21.2. The average molecular weight is 594 g/mol. The van der Waals surface area contributed by atoms with Gasteiger partial charge in [0.1, 0.15) is 0 Å². The lowest BCUT2D eigenvalue weighted by Crippen LogP contribution is -2.14. The molecule has 5 N–H and O–H groups in total. The maximum absolute atomic E-state index is 13.0. The van der Waals surface area contributed by atoms with Gasteiger partial charge in [0.25, 0.3) is 5.91 Å². The predicted molar refractivity (Wildman–Crippen MR) is 150 cm³/mol. The fourth-order valence-electron chi connectivity index (χ4n) is 2.98. The van der Waals surface area contributed by atoms with Gasteiger partial charge in [0.15, 0.2) is 0 Å². The molecule has 1 heterocycles. The van der Waals surface area contributed by atoms with Gasteiger partial charge in [-0.25, -0.2) is 0 Å². The summed E-state index contributed by atoms with van der Waals surface area (Å²) in [6.45, 7) is 0.568. The number of hydrogen-bond donors (Lipinski definition) is 4. The van der Waals surface area contributed by atoms with Crippen LogP contribution in [-0.2, 0) is 6.18 Å². The summed E-state index contributed by atoms with van der Waals surface area (Å²) in [6, 6.07) is 10.8. The Morgan fingerprint density at radius 2 is 1.62 bits per heavy atom. The number of hydrogen-bond acceptors (Lipinski definition) is 6. The largest absolute Gasteiger partial charge is 0.417 e. The standard InChI is InChI=1S/C22H13ClF3N3O2.C6H14O2S/c23-19-7-6-15(10-18(19)22(24,25)26)21(31)29-17-3-1-2-13(9-17)4-5-14-8-16(20(27)30)12-28-11-14;7-3-1-5-9-6-2-4-8/h1-3,6-12H,(H2,27,30)(H,29,31);7-8H,1-6H2. The van der Waals surface area contributed by atoms with E-state index in [4.69, 9.17) is 27.5 Å². The number of benzene rings is 2. The first kappa shape index (κ1) is 32.7. The Kier molecular flexibility index (Phi) is 13.5. The number of carbonyl (C=O) groups is 2. The number of alkyl halides is 3. The number of pyridine rings is 1. The molecule has 12 heteroatoms. The molecule has 0 atom stereocenters. The van der Waals surface area contributed by atoms with Crippen LogP contribution in [0.15, 0.2) is 60.9 Å². The van der Waals surface area contributed by atoms with Crippen LogP contribution in [0.4, 0.5) is 18.9 Å².